The van der Waals surface area contributed by atoms with Gasteiger partial charge in [-0.3, -0.25) is 9.59 Å². The quantitative estimate of drug-likeness (QED) is 0.528. The number of carbonyl (C=O) groups is 2. The lowest BCUT2D eigenvalue weighted by Gasteiger charge is -2.08. The zero-order valence-corrected chi connectivity index (χ0v) is 16.6. The Kier molecular flexibility index (Phi) is 6.94. The Bertz CT molecular complexity index is 921. The summed E-state index contributed by atoms with van der Waals surface area (Å²) in [5.74, 6) is -1.02. The van der Waals surface area contributed by atoms with E-state index in [1.165, 1.54) is 6.07 Å². The molecule has 1 heterocycles. The van der Waals surface area contributed by atoms with Crippen molar-refractivity contribution in [1.82, 2.24) is 4.72 Å². The maximum Gasteiger partial charge on any atom is 0.307 e. The number of ether oxygens (including phenoxy) is 1. The van der Waals surface area contributed by atoms with E-state index in [9.17, 15) is 18.0 Å². The molecule has 0 radical (unpaired) electrons. The molecule has 2 rings (SSSR count). The SMILES string of the molecule is Cc1ccc(S(=O)(=O)NCCC(=O)OCC(=O)c2ccc(Cl)s2)cc1C. The first-order valence-corrected chi connectivity index (χ1v) is 10.4. The highest BCUT2D eigenvalue weighted by molar-refractivity contribution is 7.89. The minimum Gasteiger partial charge on any atom is -0.457 e. The van der Waals surface area contributed by atoms with E-state index in [0.29, 0.717) is 9.21 Å². The summed E-state index contributed by atoms with van der Waals surface area (Å²) in [6.45, 7) is 3.19. The molecule has 0 aliphatic carbocycles. The van der Waals surface area contributed by atoms with Crippen molar-refractivity contribution in [1.29, 1.82) is 0 Å². The third-order valence-corrected chi connectivity index (χ3v) is 6.35. The van der Waals surface area contributed by atoms with Gasteiger partial charge in [-0.05, 0) is 49.2 Å². The molecule has 0 aliphatic heterocycles. The van der Waals surface area contributed by atoms with Crippen molar-refractivity contribution >= 4 is 44.7 Å². The first-order valence-electron chi connectivity index (χ1n) is 7.70. The smallest absolute Gasteiger partial charge is 0.307 e. The van der Waals surface area contributed by atoms with Gasteiger partial charge < -0.3 is 4.74 Å². The molecule has 140 valence electrons. The number of aryl methyl sites for hydroxylation is 2. The van der Waals surface area contributed by atoms with Crippen LogP contribution in [-0.2, 0) is 19.6 Å². The lowest BCUT2D eigenvalue weighted by atomic mass is 10.1. The topological polar surface area (TPSA) is 89.5 Å². The molecule has 2 aromatic rings. The number of benzene rings is 1. The number of thiophene rings is 1. The summed E-state index contributed by atoms with van der Waals surface area (Å²) in [6.07, 6.45) is -0.178. The van der Waals surface area contributed by atoms with E-state index in [4.69, 9.17) is 16.3 Å². The van der Waals surface area contributed by atoms with Gasteiger partial charge in [0.25, 0.3) is 0 Å². The first-order chi connectivity index (χ1) is 12.2. The lowest BCUT2D eigenvalue weighted by Crippen LogP contribution is -2.27. The molecule has 0 amide bonds. The Morgan fingerprint density at radius 1 is 1.15 bits per heavy atom. The van der Waals surface area contributed by atoms with Gasteiger partial charge in [-0.15, -0.1) is 11.3 Å². The highest BCUT2D eigenvalue weighted by atomic mass is 35.5. The normalized spacial score (nSPS) is 11.3. The molecule has 0 spiro atoms. The molecule has 26 heavy (non-hydrogen) atoms. The minimum atomic E-state index is -3.70. The maximum absolute atomic E-state index is 12.2. The summed E-state index contributed by atoms with van der Waals surface area (Å²) in [4.78, 5) is 24.0. The predicted octanol–water partition coefficient (Wildman–Crippen LogP) is 3.11. The van der Waals surface area contributed by atoms with Crippen molar-refractivity contribution in [3.63, 3.8) is 0 Å². The van der Waals surface area contributed by atoms with Gasteiger partial charge in [-0.1, -0.05) is 17.7 Å². The maximum atomic E-state index is 12.2. The summed E-state index contributed by atoms with van der Waals surface area (Å²) in [6, 6.07) is 7.94. The number of sulfonamides is 1. The largest absolute Gasteiger partial charge is 0.457 e. The van der Waals surface area contributed by atoms with Crippen LogP contribution in [0.15, 0.2) is 35.2 Å². The van der Waals surface area contributed by atoms with Gasteiger partial charge in [-0.2, -0.15) is 0 Å². The van der Waals surface area contributed by atoms with Gasteiger partial charge in [-0.25, -0.2) is 13.1 Å². The van der Waals surface area contributed by atoms with Crippen molar-refractivity contribution in [3.05, 3.63) is 50.7 Å². The Morgan fingerprint density at radius 3 is 2.50 bits per heavy atom. The third-order valence-electron chi connectivity index (χ3n) is 3.62. The average Bonchev–Trinajstić information content (AvgIpc) is 3.01. The number of hydrogen-bond donors (Lipinski definition) is 1. The second-order valence-electron chi connectivity index (χ2n) is 5.58. The molecule has 0 atom stereocenters. The zero-order valence-electron chi connectivity index (χ0n) is 14.2. The van der Waals surface area contributed by atoms with Crippen LogP contribution in [-0.4, -0.2) is 33.3 Å². The number of esters is 1. The summed E-state index contributed by atoms with van der Waals surface area (Å²) in [5.41, 5.74) is 1.85. The van der Waals surface area contributed by atoms with Crippen LogP contribution in [0, 0.1) is 13.8 Å². The third kappa shape index (κ3) is 5.63. The second-order valence-corrected chi connectivity index (χ2v) is 9.06. The van der Waals surface area contributed by atoms with E-state index in [0.717, 1.165) is 22.5 Å². The van der Waals surface area contributed by atoms with Crippen LogP contribution in [0.4, 0.5) is 0 Å². The molecular weight excluding hydrogens is 398 g/mol. The fourth-order valence-corrected chi connectivity index (χ4v) is 4.09. The molecule has 6 nitrogen and oxygen atoms in total. The van der Waals surface area contributed by atoms with Gasteiger partial charge in [0.1, 0.15) is 0 Å². The second kappa shape index (κ2) is 8.77. The van der Waals surface area contributed by atoms with Crippen LogP contribution in [0.3, 0.4) is 0 Å². The van der Waals surface area contributed by atoms with E-state index < -0.39 is 22.6 Å². The van der Waals surface area contributed by atoms with Gasteiger partial charge >= 0.3 is 5.97 Å². The Labute approximate surface area is 161 Å². The average molecular weight is 416 g/mol. The van der Waals surface area contributed by atoms with Crippen LogP contribution in [0.5, 0.6) is 0 Å². The number of hydrogen-bond acceptors (Lipinski definition) is 6. The summed E-state index contributed by atoms with van der Waals surface area (Å²) >= 11 is 6.84. The fourth-order valence-electron chi connectivity index (χ4n) is 2.01. The summed E-state index contributed by atoms with van der Waals surface area (Å²) in [7, 11) is -3.70. The van der Waals surface area contributed by atoms with Crippen LogP contribution >= 0.6 is 22.9 Å². The number of carbonyl (C=O) groups excluding carboxylic acids is 2. The molecule has 1 aromatic heterocycles. The first kappa shape index (κ1) is 20.6. The van der Waals surface area contributed by atoms with Crippen LogP contribution < -0.4 is 4.72 Å². The molecule has 0 fully saturated rings. The molecule has 1 aromatic carbocycles. The van der Waals surface area contributed by atoms with E-state index in [-0.39, 0.29) is 23.6 Å². The number of rotatable bonds is 8. The van der Waals surface area contributed by atoms with Crippen molar-refractivity contribution in [2.75, 3.05) is 13.2 Å². The van der Waals surface area contributed by atoms with Crippen LogP contribution in [0.1, 0.15) is 27.2 Å². The molecule has 9 heteroatoms. The van der Waals surface area contributed by atoms with Crippen LogP contribution in [0.2, 0.25) is 4.34 Å². The standard InChI is InChI=1S/C17H18ClNO5S2/c1-11-3-4-13(9-12(11)2)26(22,23)19-8-7-17(21)24-10-14(20)15-5-6-16(18)25-15/h3-6,9,19H,7-8,10H2,1-2H3. The number of ketones is 1. The van der Waals surface area contributed by atoms with Crippen molar-refractivity contribution in [2.45, 2.75) is 25.2 Å². The molecule has 0 saturated heterocycles. The summed E-state index contributed by atoms with van der Waals surface area (Å²) < 4.78 is 32.1. The number of Topliss-reactive ketones (excluding diaryl/α,β-unsaturated/α-hetero) is 1. The summed E-state index contributed by atoms with van der Waals surface area (Å²) in [5, 5.41) is 0. The lowest BCUT2D eigenvalue weighted by molar-refractivity contribution is -0.142. The fraction of sp³-hybridized carbons (Fsp3) is 0.294. The zero-order chi connectivity index (χ0) is 19.3. The highest BCUT2D eigenvalue weighted by Crippen LogP contribution is 2.21. The van der Waals surface area contributed by atoms with E-state index >= 15 is 0 Å². The number of nitrogens with one attached hydrogen (secondary N) is 1. The molecular formula is C17H18ClNO5S2. The Morgan fingerprint density at radius 2 is 1.88 bits per heavy atom. The van der Waals surface area contributed by atoms with Gasteiger partial charge in [0.15, 0.2) is 6.61 Å². The van der Waals surface area contributed by atoms with E-state index in [1.54, 1.807) is 24.3 Å². The van der Waals surface area contributed by atoms with Crippen LogP contribution in [0.25, 0.3) is 0 Å². The van der Waals surface area contributed by atoms with Crippen molar-refractivity contribution in [3.8, 4) is 0 Å². The minimum absolute atomic E-state index is 0.118. The van der Waals surface area contributed by atoms with E-state index in [2.05, 4.69) is 4.72 Å². The number of halogens is 1. The molecule has 0 bridgehead atoms. The predicted molar refractivity (Wildman–Crippen MR) is 100 cm³/mol. The van der Waals surface area contributed by atoms with Gasteiger partial charge in [0, 0.05) is 6.54 Å². The molecule has 0 saturated carbocycles. The van der Waals surface area contributed by atoms with Gasteiger partial charge in [0.05, 0.1) is 20.5 Å². The molecule has 0 unspecified atom stereocenters. The van der Waals surface area contributed by atoms with Crippen molar-refractivity contribution in [2.24, 2.45) is 0 Å². The van der Waals surface area contributed by atoms with Crippen molar-refractivity contribution < 1.29 is 22.7 Å². The molecule has 0 aliphatic rings. The molecule has 1 N–H and O–H groups in total. The van der Waals surface area contributed by atoms with Gasteiger partial charge in [0.2, 0.25) is 15.8 Å². The monoisotopic (exact) mass is 415 g/mol. The Hall–Kier alpha value is -1.74. The highest BCUT2D eigenvalue weighted by Gasteiger charge is 2.16. The Balaban J connectivity index is 1.80. The van der Waals surface area contributed by atoms with E-state index in [1.807, 2.05) is 13.8 Å².